The fourth-order valence-corrected chi connectivity index (χ4v) is 2.23. The van der Waals surface area contributed by atoms with Crippen LogP contribution in [0.1, 0.15) is 5.56 Å². The Kier molecular flexibility index (Phi) is 2.95. The fraction of sp³-hybridized carbons (Fsp3) is 0.133. The molecule has 1 amide bonds. The lowest BCUT2D eigenvalue weighted by molar-refractivity contribution is -0.115. The van der Waals surface area contributed by atoms with E-state index in [0.29, 0.717) is 12.1 Å². The average molecular weight is 269 g/mol. The zero-order valence-electron chi connectivity index (χ0n) is 11.1. The van der Waals surface area contributed by atoms with Crippen molar-refractivity contribution in [1.29, 1.82) is 0 Å². The van der Waals surface area contributed by atoms with Crippen LogP contribution >= 0.6 is 0 Å². The summed E-state index contributed by atoms with van der Waals surface area (Å²) >= 11 is 0. The van der Waals surface area contributed by atoms with Crippen molar-refractivity contribution < 1.29 is 9.53 Å². The van der Waals surface area contributed by atoms with Crippen LogP contribution < -0.4 is 21.1 Å². The van der Waals surface area contributed by atoms with Gasteiger partial charge in [0.15, 0.2) is 0 Å². The Morgan fingerprint density at radius 1 is 1.25 bits per heavy atom. The maximum atomic E-state index is 11.4. The Morgan fingerprint density at radius 2 is 2.00 bits per heavy atom. The molecule has 0 bridgehead atoms. The van der Waals surface area contributed by atoms with E-state index in [1.807, 2.05) is 36.4 Å². The minimum atomic E-state index is 0.000924. The number of carbonyl (C=O) groups is 1. The van der Waals surface area contributed by atoms with E-state index in [1.165, 1.54) is 0 Å². The molecule has 1 heterocycles. The molecule has 0 saturated heterocycles. The number of benzene rings is 2. The number of ether oxygens (including phenoxy) is 1. The van der Waals surface area contributed by atoms with Crippen LogP contribution in [0.25, 0.3) is 0 Å². The van der Waals surface area contributed by atoms with Gasteiger partial charge in [-0.25, -0.2) is 0 Å². The zero-order chi connectivity index (χ0) is 14.1. The Labute approximate surface area is 116 Å². The zero-order valence-corrected chi connectivity index (χ0v) is 11.1. The predicted octanol–water partition coefficient (Wildman–Crippen LogP) is 2.52. The maximum absolute atomic E-state index is 11.4. The van der Waals surface area contributed by atoms with Gasteiger partial charge in [-0.1, -0.05) is 0 Å². The normalized spacial score (nSPS) is 12.8. The van der Waals surface area contributed by atoms with Crippen molar-refractivity contribution in [3.63, 3.8) is 0 Å². The molecular formula is C15H15N3O2. The van der Waals surface area contributed by atoms with Gasteiger partial charge < -0.3 is 21.1 Å². The molecule has 2 aromatic carbocycles. The summed E-state index contributed by atoms with van der Waals surface area (Å²) in [5.74, 6) is 0.797. The van der Waals surface area contributed by atoms with E-state index >= 15 is 0 Å². The molecule has 0 radical (unpaired) electrons. The minimum absolute atomic E-state index is 0.000924. The molecule has 0 unspecified atom stereocenters. The molecule has 20 heavy (non-hydrogen) atoms. The number of hydrogen-bond donors (Lipinski definition) is 3. The lowest BCUT2D eigenvalue weighted by Crippen LogP contribution is -2.03. The number of amides is 1. The van der Waals surface area contributed by atoms with Gasteiger partial charge in [0.1, 0.15) is 5.75 Å². The molecule has 102 valence electrons. The van der Waals surface area contributed by atoms with E-state index < -0.39 is 0 Å². The number of fused-ring (bicyclic) bond motifs is 1. The van der Waals surface area contributed by atoms with Crippen molar-refractivity contribution in [2.75, 3.05) is 23.5 Å². The molecule has 2 aromatic rings. The van der Waals surface area contributed by atoms with Gasteiger partial charge >= 0.3 is 0 Å². The highest BCUT2D eigenvalue weighted by Gasteiger charge is 2.19. The third kappa shape index (κ3) is 2.25. The monoisotopic (exact) mass is 269 g/mol. The van der Waals surface area contributed by atoms with Crippen LogP contribution in [-0.2, 0) is 11.2 Å². The standard InChI is InChI=1S/C15H15N3O2/c1-20-11-4-2-10(3-5-11)17-14-8-13-9(6-12(14)16)7-15(19)18-13/h2-6,8,17H,7,16H2,1H3,(H,18,19). The second kappa shape index (κ2) is 4.77. The first-order valence-electron chi connectivity index (χ1n) is 6.29. The van der Waals surface area contributed by atoms with Crippen molar-refractivity contribution >= 4 is 28.7 Å². The molecule has 0 atom stereocenters. The molecule has 0 aliphatic carbocycles. The van der Waals surface area contributed by atoms with Crippen molar-refractivity contribution in [3.05, 3.63) is 42.0 Å². The summed E-state index contributed by atoms with van der Waals surface area (Å²) in [7, 11) is 1.63. The van der Waals surface area contributed by atoms with Crippen LogP contribution in [0.3, 0.4) is 0 Å². The van der Waals surface area contributed by atoms with E-state index in [2.05, 4.69) is 10.6 Å². The van der Waals surface area contributed by atoms with Gasteiger partial charge in [-0.3, -0.25) is 4.79 Å². The molecule has 0 fully saturated rings. The first-order valence-corrected chi connectivity index (χ1v) is 6.29. The van der Waals surface area contributed by atoms with Gasteiger partial charge in [0.25, 0.3) is 0 Å². The third-order valence-corrected chi connectivity index (χ3v) is 3.27. The summed E-state index contributed by atoms with van der Waals surface area (Å²) in [6.45, 7) is 0. The van der Waals surface area contributed by atoms with Crippen molar-refractivity contribution in [1.82, 2.24) is 0 Å². The van der Waals surface area contributed by atoms with Gasteiger partial charge in [0.2, 0.25) is 5.91 Å². The number of anilines is 4. The first kappa shape index (κ1) is 12.3. The Hall–Kier alpha value is -2.69. The molecule has 1 aliphatic rings. The SMILES string of the molecule is COc1ccc(Nc2cc3c(cc2N)CC(=O)N3)cc1. The summed E-state index contributed by atoms with van der Waals surface area (Å²) in [5, 5.41) is 6.05. The molecule has 1 aliphatic heterocycles. The summed E-state index contributed by atoms with van der Waals surface area (Å²) in [5.41, 5.74) is 10.1. The maximum Gasteiger partial charge on any atom is 0.228 e. The van der Waals surface area contributed by atoms with E-state index in [9.17, 15) is 4.79 Å². The Balaban J connectivity index is 1.87. The quantitative estimate of drug-likeness (QED) is 0.748. The number of rotatable bonds is 3. The van der Waals surface area contributed by atoms with E-state index in [-0.39, 0.29) is 5.91 Å². The molecule has 5 heteroatoms. The van der Waals surface area contributed by atoms with Crippen LogP contribution in [0.2, 0.25) is 0 Å². The van der Waals surface area contributed by atoms with Crippen molar-refractivity contribution in [2.45, 2.75) is 6.42 Å². The van der Waals surface area contributed by atoms with Crippen LogP contribution in [0, 0.1) is 0 Å². The van der Waals surface area contributed by atoms with Gasteiger partial charge in [-0.2, -0.15) is 0 Å². The number of methoxy groups -OCH3 is 1. The van der Waals surface area contributed by atoms with Gasteiger partial charge in [-0.15, -0.1) is 0 Å². The summed E-state index contributed by atoms with van der Waals surface area (Å²) in [6, 6.07) is 11.2. The lowest BCUT2D eigenvalue weighted by atomic mass is 10.1. The van der Waals surface area contributed by atoms with E-state index in [1.54, 1.807) is 7.11 Å². The molecule has 0 saturated carbocycles. The predicted molar refractivity (Wildman–Crippen MR) is 79.5 cm³/mol. The minimum Gasteiger partial charge on any atom is -0.497 e. The molecule has 5 nitrogen and oxygen atoms in total. The largest absolute Gasteiger partial charge is 0.497 e. The van der Waals surface area contributed by atoms with Crippen LogP contribution in [0.5, 0.6) is 5.75 Å². The second-order valence-electron chi connectivity index (χ2n) is 4.68. The van der Waals surface area contributed by atoms with E-state index in [4.69, 9.17) is 10.5 Å². The number of nitrogen functional groups attached to an aromatic ring is 1. The molecular weight excluding hydrogens is 254 g/mol. The van der Waals surface area contributed by atoms with Crippen molar-refractivity contribution in [2.24, 2.45) is 0 Å². The van der Waals surface area contributed by atoms with Gasteiger partial charge in [0, 0.05) is 11.4 Å². The first-order chi connectivity index (χ1) is 9.65. The van der Waals surface area contributed by atoms with Gasteiger partial charge in [-0.05, 0) is 42.0 Å². The molecule has 4 N–H and O–H groups in total. The summed E-state index contributed by atoms with van der Waals surface area (Å²) in [4.78, 5) is 11.4. The second-order valence-corrected chi connectivity index (χ2v) is 4.68. The highest BCUT2D eigenvalue weighted by molar-refractivity contribution is 6.01. The molecule has 0 spiro atoms. The van der Waals surface area contributed by atoms with Gasteiger partial charge in [0.05, 0.1) is 24.9 Å². The highest BCUT2D eigenvalue weighted by atomic mass is 16.5. The smallest absolute Gasteiger partial charge is 0.228 e. The van der Waals surface area contributed by atoms with Crippen LogP contribution in [0.4, 0.5) is 22.7 Å². The number of hydrogen-bond acceptors (Lipinski definition) is 4. The van der Waals surface area contributed by atoms with Crippen molar-refractivity contribution in [3.8, 4) is 5.75 Å². The summed E-state index contributed by atoms with van der Waals surface area (Å²) < 4.78 is 5.12. The average Bonchev–Trinajstić information content (AvgIpc) is 2.79. The highest BCUT2D eigenvalue weighted by Crippen LogP contribution is 2.33. The van der Waals surface area contributed by atoms with Crippen LogP contribution in [-0.4, -0.2) is 13.0 Å². The molecule has 0 aromatic heterocycles. The van der Waals surface area contributed by atoms with Crippen LogP contribution in [0.15, 0.2) is 36.4 Å². The topological polar surface area (TPSA) is 76.4 Å². The Morgan fingerprint density at radius 3 is 2.70 bits per heavy atom. The molecule has 3 rings (SSSR count). The third-order valence-electron chi connectivity index (χ3n) is 3.27. The number of carbonyl (C=O) groups excluding carboxylic acids is 1. The lowest BCUT2D eigenvalue weighted by Gasteiger charge is -2.12. The number of nitrogens with two attached hydrogens (primary N) is 1. The van der Waals surface area contributed by atoms with E-state index in [0.717, 1.165) is 28.4 Å². The Bertz CT molecular complexity index is 666. The fourth-order valence-electron chi connectivity index (χ4n) is 2.23. The number of nitrogens with one attached hydrogen (secondary N) is 2. The summed E-state index contributed by atoms with van der Waals surface area (Å²) in [6.07, 6.45) is 0.391.